The molecule has 0 bridgehead atoms. The van der Waals surface area contributed by atoms with Crippen molar-refractivity contribution < 1.29 is 4.79 Å². The highest BCUT2D eigenvalue weighted by atomic mass is 79.9. The Morgan fingerprint density at radius 3 is 3.05 bits per heavy atom. The highest BCUT2D eigenvalue weighted by Gasteiger charge is 2.26. The lowest BCUT2D eigenvalue weighted by Gasteiger charge is -2.28. The molecule has 1 aromatic heterocycles. The minimum Gasteiger partial charge on any atom is -0.309 e. The Balaban J connectivity index is 1.98. The third-order valence-corrected chi connectivity index (χ3v) is 4.52. The van der Waals surface area contributed by atoms with Crippen molar-refractivity contribution in [2.24, 2.45) is 5.92 Å². The summed E-state index contributed by atoms with van der Waals surface area (Å²) in [5.41, 5.74) is 0.876. The topological polar surface area (TPSA) is 54.0 Å². The Morgan fingerprint density at radius 1 is 1.58 bits per heavy atom. The molecule has 1 saturated heterocycles. The van der Waals surface area contributed by atoms with Crippen LogP contribution in [0, 0.1) is 12.8 Å². The summed E-state index contributed by atoms with van der Waals surface area (Å²) < 4.78 is 0.951. The predicted molar refractivity (Wildman–Crippen MR) is 80.1 cm³/mol. The molecule has 0 saturated carbocycles. The van der Waals surface area contributed by atoms with Gasteiger partial charge < -0.3 is 10.6 Å². The van der Waals surface area contributed by atoms with Crippen LogP contribution in [0.25, 0.3) is 0 Å². The predicted octanol–water partition coefficient (Wildman–Crippen LogP) is 2.87. The van der Waals surface area contributed by atoms with Gasteiger partial charge in [-0.2, -0.15) is 0 Å². The molecule has 1 aliphatic rings. The van der Waals surface area contributed by atoms with Crippen LogP contribution in [0.15, 0.2) is 16.6 Å². The molecule has 0 aliphatic carbocycles. The molecule has 2 rings (SSSR count). The van der Waals surface area contributed by atoms with E-state index < -0.39 is 0 Å². The zero-order chi connectivity index (χ0) is 13.8. The van der Waals surface area contributed by atoms with Gasteiger partial charge in [-0.15, -0.1) is 0 Å². The maximum Gasteiger partial charge on any atom is 0.242 e. The van der Waals surface area contributed by atoms with Crippen LogP contribution in [-0.2, 0) is 4.79 Å². The Labute approximate surface area is 122 Å². The lowest BCUT2D eigenvalue weighted by molar-refractivity contribution is -0.119. The van der Waals surface area contributed by atoms with Gasteiger partial charge in [-0.05, 0) is 60.3 Å². The monoisotopic (exact) mass is 325 g/mol. The van der Waals surface area contributed by atoms with Gasteiger partial charge in [0, 0.05) is 4.47 Å². The second-order valence-electron chi connectivity index (χ2n) is 5.06. The van der Waals surface area contributed by atoms with Gasteiger partial charge in [0.2, 0.25) is 5.91 Å². The number of nitrogens with one attached hydrogen (secondary N) is 2. The van der Waals surface area contributed by atoms with Crippen LogP contribution in [-0.4, -0.2) is 23.5 Å². The quantitative estimate of drug-likeness (QED) is 0.898. The van der Waals surface area contributed by atoms with Gasteiger partial charge in [0.15, 0.2) is 0 Å². The SMILES string of the molecule is CCC1CCNC(C(=O)Nc2ccc(Br)c(C)n2)C1. The van der Waals surface area contributed by atoms with E-state index in [-0.39, 0.29) is 11.9 Å². The molecule has 4 nitrogen and oxygen atoms in total. The average molecular weight is 326 g/mol. The van der Waals surface area contributed by atoms with Crippen LogP contribution >= 0.6 is 15.9 Å². The summed E-state index contributed by atoms with van der Waals surface area (Å²) in [5, 5.41) is 6.17. The van der Waals surface area contributed by atoms with E-state index in [2.05, 4.69) is 38.5 Å². The van der Waals surface area contributed by atoms with E-state index in [1.165, 1.54) is 0 Å². The fraction of sp³-hybridized carbons (Fsp3) is 0.571. The number of piperidine rings is 1. The summed E-state index contributed by atoms with van der Waals surface area (Å²) >= 11 is 3.40. The number of rotatable bonds is 3. The van der Waals surface area contributed by atoms with Crippen molar-refractivity contribution in [2.45, 2.75) is 39.2 Å². The van der Waals surface area contributed by atoms with Gasteiger partial charge in [0.25, 0.3) is 0 Å². The maximum atomic E-state index is 12.2. The number of carbonyl (C=O) groups is 1. The van der Waals surface area contributed by atoms with Crippen molar-refractivity contribution in [3.8, 4) is 0 Å². The van der Waals surface area contributed by atoms with Crippen LogP contribution in [0.2, 0.25) is 0 Å². The lowest BCUT2D eigenvalue weighted by Crippen LogP contribution is -2.46. The van der Waals surface area contributed by atoms with E-state index in [1.807, 2.05) is 19.1 Å². The van der Waals surface area contributed by atoms with Crippen molar-refractivity contribution >= 4 is 27.7 Å². The van der Waals surface area contributed by atoms with Crippen LogP contribution in [0.3, 0.4) is 0 Å². The Hall–Kier alpha value is -0.940. The van der Waals surface area contributed by atoms with E-state index in [1.54, 1.807) is 0 Å². The van der Waals surface area contributed by atoms with Gasteiger partial charge in [-0.1, -0.05) is 13.3 Å². The van der Waals surface area contributed by atoms with E-state index >= 15 is 0 Å². The molecule has 2 atom stereocenters. The molecule has 2 N–H and O–H groups in total. The fourth-order valence-electron chi connectivity index (χ4n) is 2.39. The number of carbonyl (C=O) groups excluding carboxylic acids is 1. The standard InChI is InChI=1S/C14H20BrN3O/c1-3-10-6-7-16-12(8-10)14(19)18-13-5-4-11(15)9(2)17-13/h4-5,10,12,16H,3,6-8H2,1-2H3,(H,17,18,19). The summed E-state index contributed by atoms with van der Waals surface area (Å²) in [7, 11) is 0. The van der Waals surface area contributed by atoms with E-state index in [0.29, 0.717) is 11.7 Å². The zero-order valence-corrected chi connectivity index (χ0v) is 13.0. The first-order chi connectivity index (χ1) is 9.10. The number of halogens is 1. The Morgan fingerprint density at radius 2 is 2.37 bits per heavy atom. The first-order valence-corrected chi connectivity index (χ1v) is 7.57. The highest BCUT2D eigenvalue weighted by molar-refractivity contribution is 9.10. The number of hydrogen-bond donors (Lipinski definition) is 2. The third-order valence-electron chi connectivity index (χ3n) is 3.68. The minimum atomic E-state index is -0.0931. The molecule has 1 aliphatic heterocycles. The maximum absolute atomic E-state index is 12.2. The second kappa shape index (κ2) is 6.48. The molecule has 19 heavy (non-hydrogen) atoms. The average Bonchev–Trinajstić information content (AvgIpc) is 2.43. The molecular weight excluding hydrogens is 306 g/mol. The van der Waals surface area contributed by atoms with Gasteiger partial charge >= 0.3 is 0 Å². The van der Waals surface area contributed by atoms with Crippen molar-refractivity contribution in [1.82, 2.24) is 10.3 Å². The Bertz CT molecular complexity index is 464. The first-order valence-electron chi connectivity index (χ1n) is 6.77. The molecule has 104 valence electrons. The number of amides is 1. The van der Waals surface area contributed by atoms with E-state index in [4.69, 9.17) is 0 Å². The number of pyridine rings is 1. The second-order valence-corrected chi connectivity index (χ2v) is 5.91. The highest BCUT2D eigenvalue weighted by Crippen LogP contribution is 2.21. The summed E-state index contributed by atoms with van der Waals surface area (Å²) in [6.07, 6.45) is 3.22. The molecule has 2 unspecified atom stereocenters. The zero-order valence-electron chi connectivity index (χ0n) is 11.4. The minimum absolute atomic E-state index is 0.0207. The third kappa shape index (κ3) is 3.76. The van der Waals surface area contributed by atoms with Crippen LogP contribution in [0.1, 0.15) is 31.9 Å². The van der Waals surface area contributed by atoms with Crippen molar-refractivity contribution in [3.05, 3.63) is 22.3 Å². The van der Waals surface area contributed by atoms with Crippen LogP contribution < -0.4 is 10.6 Å². The van der Waals surface area contributed by atoms with Crippen LogP contribution in [0.4, 0.5) is 5.82 Å². The molecule has 0 radical (unpaired) electrons. The van der Waals surface area contributed by atoms with Gasteiger partial charge in [-0.3, -0.25) is 4.79 Å². The molecule has 2 heterocycles. The van der Waals surface area contributed by atoms with Crippen molar-refractivity contribution in [3.63, 3.8) is 0 Å². The first kappa shape index (κ1) is 14.5. The largest absolute Gasteiger partial charge is 0.309 e. The lowest BCUT2D eigenvalue weighted by atomic mass is 9.90. The number of aromatic nitrogens is 1. The van der Waals surface area contributed by atoms with Crippen LogP contribution in [0.5, 0.6) is 0 Å². The molecule has 0 spiro atoms. The molecule has 5 heteroatoms. The fourth-order valence-corrected chi connectivity index (χ4v) is 2.61. The number of nitrogens with zero attached hydrogens (tertiary/aromatic N) is 1. The molecule has 1 fully saturated rings. The molecule has 1 aromatic rings. The molecule has 0 aromatic carbocycles. The summed E-state index contributed by atoms with van der Waals surface area (Å²) in [4.78, 5) is 16.5. The summed E-state index contributed by atoms with van der Waals surface area (Å²) in [5.74, 6) is 1.29. The van der Waals surface area contributed by atoms with E-state index in [0.717, 1.165) is 36.0 Å². The summed E-state index contributed by atoms with van der Waals surface area (Å²) in [6, 6.07) is 3.63. The van der Waals surface area contributed by atoms with Crippen molar-refractivity contribution in [2.75, 3.05) is 11.9 Å². The smallest absolute Gasteiger partial charge is 0.242 e. The Kier molecular flexibility index (Phi) is 4.93. The number of hydrogen-bond acceptors (Lipinski definition) is 3. The molecule has 1 amide bonds. The van der Waals surface area contributed by atoms with Gasteiger partial charge in [-0.25, -0.2) is 4.98 Å². The molecular formula is C14H20BrN3O. The van der Waals surface area contributed by atoms with Gasteiger partial charge in [0.05, 0.1) is 11.7 Å². The normalized spacial score (nSPS) is 23.1. The number of anilines is 1. The summed E-state index contributed by atoms with van der Waals surface area (Å²) in [6.45, 7) is 5.01. The number of aryl methyl sites for hydroxylation is 1. The van der Waals surface area contributed by atoms with Crippen molar-refractivity contribution in [1.29, 1.82) is 0 Å². The van der Waals surface area contributed by atoms with E-state index in [9.17, 15) is 4.79 Å². The van der Waals surface area contributed by atoms with Gasteiger partial charge in [0.1, 0.15) is 5.82 Å².